The van der Waals surface area contributed by atoms with E-state index in [0.717, 1.165) is 6.42 Å². The summed E-state index contributed by atoms with van der Waals surface area (Å²) in [4.78, 5) is 22.7. The van der Waals surface area contributed by atoms with E-state index in [1.54, 1.807) is 12.1 Å². The Morgan fingerprint density at radius 1 is 1.28 bits per heavy atom. The first kappa shape index (κ1) is 12.8. The lowest BCUT2D eigenvalue weighted by Crippen LogP contribution is -2.21. The van der Waals surface area contributed by atoms with Crippen LogP contribution < -0.4 is 0 Å². The molecule has 1 aliphatic rings. The second-order valence-electron chi connectivity index (χ2n) is 4.98. The highest BCUT2D eigenvalue weighted by molar-refractivity contribution is 5.89. The van der Waals surface area contributed by atoms with Gasteiger partial charge in [0.05, 0.1) is 12.7 Å². The highest BCUT2D eigenvalue weighted by Crippen LogP contribution is 2.36. The molecule has 1 aromatic rings. The molecule has 2 unspecified atom stereocenters. The molecule has 3 heteroatoms. The van der Waals surface area contributed by atoms with Crippen LogP contribution in [0.25, 0.3) is 0 Å². The van der Waals surface area contributed by atoms with Crippen LogP contribution in [0.2, 0.25) is 0 Å². The Morgan fingerprint density at radius 2 is 1.94 bits per heavy atom. The second-order valence-corrected chi connectivity index (χ2v) is 4.98. The Morgan fingerprint density at radius 3 is 2.50 bits per heavy atom. The van der Waals surface area contributed by atoms with Crippen LogP contribution in [0.4, 0.5) is 0 Å². The van der Waals surface area contributed by atoms with E-state index in [4.69, 9.17) is 0 Å². The van der Waals surface area contributed by atoms with Crippen LogP contribution in [-0.2, 0) is 9.53 Å². The van der Waals surface area contributed by atoms with Crippen molar-refractivity contribution in [2.24, 2.45) is 5.92 Å². The molecule has 0 bridgehead atoms. The van der Waals surface area contributed by atoms with Gasteiger partial charge in [-0.1, -0.05) is 19.1 Å². The molecule has 3 nitrogen and oxygen atoms in total. The summed E-state index contributed by atoms with van der Waals surface area (Å²) < 4.78 is 4.67. The lowest BCUT2D eigenvalue weighted by Gasteiger charge is -2.28. The maximum Gasteiger partial charge on any atom is 0.337 e. The molecular formula is C15H18O3. The first-order chi connectivity index (χ1) is 8.61. The standard InChI is InChI=1S/C15H18O3/c1-10-9-13(16)7-8-14(10)11-3-5-12(6-4-11)15(17)18-2/h3-6,10,14H,7-9H2,1-2H3. The third-order valence-corrected chi connectivity index (χ3v) is 3.73. The molecule has 0 heterocycles. The molecule has 1 aromatic carbocycles. The van der Waals surface area contributed by atoms with Gasteiger partial charge >= 0.3 is 5.97 Å². The van der Waals surface area contributed by atoms with E-state index in [9.17, 15) is 9.59 Å². The fourth-order valence-corrected chi connectivity index (χ4v) is 2.68. The van der Waals surface area contributed by atoms with Gasteiger partial charge in [-0.15, -0.1) is 0 Å². The zero-order chi connectivity index (χ0) is 13.1. The molecule has 0 amide bonds. The first-order valence-electron chi connectivity index (χ1n) is 6.31. The molecule has 0 N–H and O–H groups in total. The molecular weight excluding hydrogens is 228 g/mol. The minimum Gasteiger partial charge on any atom is -0.465 e. The molecule has 96 valence electrons. The van der Waals surface area contributed by atoms with E-state index in [0.29, 0.717) is 36.0 Å². The summed E-state index contributed by atoms with van der Waals surface area (Å²) in [6.45, 7) is 2.12. The minimum absolute atomic E-state index is 0.312. The van der Waals surface area contributed by atoms with Gasteiger partial charge < -0.3 is 4.74 Å². The fourth-order valence-electron chi connectivity index (χ4n) is 2.68. The molecule has 2 rings (SSSR count). The molecule has 1 fully saturated rings. The molecule has 0 radical (unpaired) electrons. The normalized spacial score (nSPS) is 23.8. The smallest absolute Gasteiger partial charge is 0.337 e. The van der Waals surface area contributed by atoms with E-state index in [2.05, 4.69) is 11.7 Å². The molecule has 18 heavy (non-hydrogen) atoms. The zero-order valence-corrected chi connectivity index (χ0v) is 10.8. The molecule has 0 saturated heterocycles. The number of esters is 1. The Labute approximate surface area is 107 Å². The summed E-state index contributed by atoms with van der Waals surface area (Å²) in [7, 11) is 1.38. The van der Waals surface area contributed by atoms with E-state index >= 15 is 0 Å². The summed E-state index contributed by atoms with van der Waals surface area (Å²) in [6.07, 6.45) is 2.26. The molecule has 1 saturated carbocycles. The van der Waals surface area contributed by atoms with E-state index < -0.39 is 0 Å². The van der Waals surface area contributed by atoms with Gasteiger partial charge in [0.2, 0.25) is 0 Å². The van der Waals surface area contributed by atoms with Crippen molar-refractivity contribution in [3.05, 3.63) is 35.4 Å². The average molecular weight is 246 g/mol. The van der Waals surface area contributed by atoms with E-state index in [-0.39, 0.29) is 5.97 Å². The fraction of sp³-hybridized carbons (Fsp3) is 0.467. The molecule has 0 aliphatic heterocycles. The van der Waals surface area contributed by atoms with Crippen LogP contribution >= 0.6 is 0 Å². The van der Waals surface area contributed by atoms with Gasteiger partial charge in [0.1, 0.15) is 5.78 Å². The second kappa shape index (κ2) is 5.34. The number of carbonyl (C=O) groups is 2. The summed E-state index contributed by atoms with van der Waals surface area (Å²) >= 11 is 0. The van der Waals surface area contributed by atoms with Crippen molar-refractivity contribution in [1.82, 2.24) is 0 Å². The lowest BCUT2D eigenvalue weighted by atomic mass is 9.76. The number of methoxy groups -OCH3 is 1. The van der Waals surface area contributed by atoms with Crippen molar-refractivity contribution < 1.29 is 14.3 Å². The Bertz CT molecular complexity index is 447. The maximum absolute atomic E-state index is 11.4. The zero-order valence-electron chi connectivity index (χ0n) is 10.8. The van der Waals surface area contributed by atoms with Crippen molar-refractivity contribution >= 4 is 11.8 Å². The Hall–Kier alpha value is -1.64. The Balaban J connectivity index is 2.14. The first-order valence-corrected chi connectivity index (χ1v) is 6.31. The van der Waals surface area contributed by atoms with Crippen LogP contribution in [-0.4, -0.2) is 18.9 Å². The summed E-state index contributed by atoms with van der Waals surface area (Å²) in [6, 6.07) is 7.54. The third kappa shape index (κ3) is 2.61. The quantitative estimate of drug-likeness (QED) is 0.753. The largest absolute Gasteiger partial charge is 0.465 e. The lowest BCUT2D eigenvalue weighted by molar-refractivity contribution is -0.121. The van der Waals surface area contributed by atoms with Crippen molar-refractivity contribution in [2.75, 3.05) is 7.11 Å². The number of carbonyl (C=O) groups excluding carboxylic acids is 2. The number of ketones is 1. The number of Topliss-reactive ketones (excluding diaryl/α,β-unsaturated/α-hetero) is 1. The summed E-state index contributed by atoms with van der Waals surface area (Å²) in [5.74, 6) is 0.864. The highest BCUT2D eigenvalue weighted by atomic mass is 16.5. The van der Waals surface area contributed by atoms with Gasteiger partial charge in [0.25, 0.3) is 0 Å². The van der Waals surface area contributed by atoms with E-state index in [1.165, 1.54) is 12.7 Å². The summed E-state index contributed by atoms with van der Waals surface area (Å²) in [5, 5.41) is 0. The predicted octanol–water partition coefficient (Wildman–Crippen LogP) is 2.95. The summed E-state index contributed by atoms with van der Waals surface area (Å²) in [5.41, 5.74) is 1.78. The SMILES string of the molecule is COC(=O)c1ccc(C2CCC(=O)CC2C)cc1. The Kier molecular flexibility index (Phi) is 3.80. The third-order valence-electron chi connectivity index (χ3n) is 3.73. The van der Waals surface area contributed by atoms with Crippen molar-refractivity contribution in [1.29, 1.82) is 0 Å². The maximum atomic E-state index is 11.4. The van der Waals surface area contributed by atoms with Crippen LogP contribution in [0, 0.1) is 5.92 Å². The number of hydrogen-bond acceptors (Lipinski definition) is 3. The van der Waals surface area contributed by atoms with Crippen molar-refractivity contribution in [2.45, 2.75) is 32.1 Å². The molecule has 1 aliphatic carbocycles. The van der Waals surface area contributed by atoms with Gasteiger partial charge in [0, 0.05) is 12.8 Å². The number of benzene rings is 1. The topological polar surface area (TPSA) is 43.4 Å². The predicted molar refractivity (Wildman–Crippen MR) is 68.5 cm³/mol. The number of ether oxygens (including phenoxy) is 1. The molecule has 0 spiro atoms. The average Bonchev–Trinajstić information content (AvgIpc) is 2.38. The van der Waals surface area contributed by atoms with Gasteiger partial charge in [-0.05, 0) is 36.0 Å². The minimum atomic E-state index is -0.312. The number of rotatable bonds is 2. The molecule has 0 aromatic heterocycles. The van der Waals surface area contributed by atoms with Crippen LogP contribution in [0.5, 0.6) is 0 Å². The van der Waals surface area contributed by atoms with Gasteiger partial charge in [-0.25, -0.2) is 4.79 Å². The van der Waals surface area contributed by atoms with Gasteiger partial charge in [-0.2, -0.15) is 0 Å². The highest BCUT2D eigenvalue weighted by Gasteiger charge is 2.27. The van der Waals surface area contributed by atoms with Crippen molar-refractivity contribution in [3.8, 4) is 0 Å². The van der Waals surface area contributed by atoms with Crippen LogP contribution in [0.1, 0.15) is 48.0 Å². The van der Waals surface area contributed by atoms with Crippen molar-refractivity contribution in [3.63, 3.8) is 0 Å². The van der Waals surface area contributed by atoms with Crippen LogP contribution in [0.3, 0.4) is 0 Å². The molecule has 2 atom stereocenters. The monoisotopic (exact) mass is 246 g/mol. The van der Waals surface area contributed by atoms with Gasteiger partial charge in [-0.3, -0.25) is 4.79 Å². The number of hydrogen-bond donors (Lipinski definition) is 0. The van der Waals surface area contributed by atoms with Gasteiger partial charge in [0.15, 0.2) is 0 Å². The van der Waals surface area contributed by atoms with Crippen LogP contribution in [0.15, 0.2) is 24.3 Å². The van der Waals surface area contributed by atoms with E-state index in [1.807, 2.05) is 12.1 Å².